The van der Waals surface area contributed by atoms with Crippen molar-refractivity contribution in [1.82, 2.24) is 10.2 Å². The van der Waals surface area contributed by atoms with Crippen LogP contribution in [0.2, 0.25) is 0 Å². The lowest BCUT2D eigenvalue weighted by atomic mass is 9.94. The molecule has 0 amide bonds. The van der Waals surface area contributed by atoms with E-state index in [9.17, 15) is 4.79 Å². The number of benzene rings is 2. The third-order valence-corrected chi connectivity index (χ3v) is 5.49. The van der Waals surface area contributed by atoms with Gasteiger partial charge < -0.3 is 19.7 Å². The van der Waals surface area contributed by atoms with E-state index >= 15 is 0 Å². The SMILES string of the molecule is COCCN=C1NC(c2ccc(Br)cc2)C(C(=O)OC)=C(C)N1Cc1ccccc1. The molecule has 1 N–H and O–H groups in total. The number of halogens is 1. The predicted octanol–water partition coefficient (Wildman–Crippen LogP) is 4.05. The second-order valence-corrected chi connectivity index (χ2v) is 7.81. The van der Waals surface area contributed by atoms with Gasteiger partial charge >= 0.3 is 5.97 Å². The molecule has 6 nitrogen and oxygen atoms in total. The first-order valence-corrected chi connectivity index (χ1v) is 10.5. The van der Waals surface area contributed by atoms with Gasteiger partial charge in [0.25, 0.3) is 0 Å². The number of carbonyl (C=O) groups is 1. The Morgan fingerprint density at radius 3 is 2.47 bits per heavy atom. The van der Waals surface area contributed by atoms with E-state index in [-0.39, 0.29) is 12.0 Å². The van der Waals surface area contributed by atoms with Crippen molar-refractivity contribution < 1.29 is 14.3 Å². The highest BCUT2D eigenvalue weighted by Gasteiger charge is 2.35. The number of hydrogen-bond acceptors (Lipinski definition) is 4. The summed E-state index contributed by atoms with van der Waals surface area (Å²) in [5, 5.41) is 3.46. The number of nitrogens with one attached hydrogen (secondary N) is 1. The summed E-state index contributed by atoms with van der Waals surface area (Å²) in [6.45, 7) is 3.55. The molecule has 2 aromatic rings. The van der Waals surface area contributed by atoms with Gasteiger partial charge in [-0.15, -0.1) is 0 Å². The normalized spacial score (nSPS) is 17.8. The molecule has 7 heteroatoms. The van der Waals surface area contributed by atoms with E-state index in [2.05, 4.69) is 33.4 Å². The zero-order valence-corrected chi connectivity index (χ0v) is 19.0. The smallest absolute Gasteiger partial charge is 0.337 e. The van der Waals surface area contributed by atoms with E-state index in [1.807, 2.05) is 54.3 Å². The van der Waals surface area contributed by atoms with Gasteiger partial charge in [0.2, 0.25) is 0 Å². The van der Waals surface area contributed by atoms with Crippen LogP contribution in [-0.2, 0) is 20.8 Å². The number of ether oxygens (including phenoxy) is 2. The Kier molecular flexibility index (Phi) is 7.65. The summed E-state index contributed by atoms with van der Waals surface area (Å²) in [4.78, 5) is 19.5. The molecule has 1 heterocycles. The van der Waals surface area contributed by atoms with Crippen LogP contribution >= 0.6 is 15.9 Å². The number of carbonyl (C=O) groups excluding carboxylic acids is 1. The number of guanidine groups is 1. The topological polar surface area (TPSA) is 63.2 Å². The number of esters is 1. The Morgan fingerprint density at radius 2 is 1.83 bits per heavy atom. The van der Waals surface area contributed by atoms with E-state index in [0.29, 0.717) is 31.2 Å². The van der Waals surface area contributed by atoms with E-state index in [1.165, 1.54) is 7.11 Å². The van der Waals surface area contributed by atoms with E-state index in [1.54, 1.807) is 7.11 Å². The van der Waals surface area contributed by atoms with Gasteiger partial charge in [-0.25, -0.2) is 4.79 Å². The summed E-state index contributed by atoms with van der Waals surface area (Å²) in [5.74, 6) is 0.343. The summed E-state index contributed by atoms with van der Waals surface area (Å²) in [7, 11) is 3.06. The van der Waals surface area contributed by atoms with Gasteiger partial charge in [0.05, 0.1) is 38.4 Å². The molecule has 0 bridgehead atoms. The lowest BCUT2D eigenvalue weighted by molar-refractivity contribution is -0.136. The first-order valence-electron chi connectivity index (χ1n) is 9.71. The Morgan fingerprint density at radius 1 is 1.13 bits per heavy atom. The average Bonchev–Trinajstić information content (AvgIpc) is 2.76. The largest absolute Gasteiger partial charge is 0.466 e. The zero-order chi connectivity index (χ0) is 21.5. The number of hydrogen-bond donors (Lipinski definition) is 1. The second kappa shape index (κ2) is 10.4. The molecule has 0 aliphatic carbocycles. The lowest BCUT2D eigenvalue weighted by Gasteiger charge is -2.38. The van der Waals surface area contributed by atoms with E-state index in [0.717, 1.165) is 21.3 Å². The van der Waals surface area contributed by atoms with Crippen molar-refractivity contribution in [2.75, 3.05) is 27.4 Å². The fraction of sp³-hybridized carbons (Fsp3) is 0.304. The quantitative estimate of drug-likeness (QED) is 0.487. The number of allylic oxidation sites excluding steroid dienone is 1. The number of methoxy groups -OCH3 is 2. The molecular weight excluding hydrogens is 446 g/mol. The molecule has 1 aliphatic heterocycles. The second-order valence-electron chi connectivity index (χ2n) is 6.89. The van der Waals surface area contributed by atoms with Crippen LogP contribution in [0.25, 0.3) is 0 Å². The molecule has 2 aromatic carbocycles. The van der Waals surface area contributed by atoms with Crippen LogP contribution in [0.4, 0.5) is 0 Å². The minimum atomic E-state index is -0.362. The summed E-state index contributed by atoms with van der Waals surface area (Å²) in [6, 6.07) is 17.6. The predicted molar refractivity (Wildman–Crippen MR) is 121 cm³/mol. The molecule has 0 saturated carbocycles. The van der Waals surface area contributed by atoms with Crippen molar-refractivity contribution >= 4 is 27.9 Å². The van der Waals surface area contributed by atoms with Crippen molar-refractivity contribution in [1.29, 1.82) is 0 Å². The molecule has 0 spiro atoms. The highest BCUT2D eigenvalue weighted by atomic mass is 79.9. The summed E-state index contributed by atoms with van der Waals surface area (Å²) in [5.41, 5.74) is 3.45. The molecule has 0 aromatic heterocycles. The molecule has 0 fully saturated rings. The van der Waals surface area contributed by atoms with Gasteiger partial charge in [0.15, 0.2) is 5.96 Å². The third kappa shape index (κ3) is 5.09. The van der Waals surface area contributed by atoms with Crippen molar-refractivity contribution in [2.24, 2.45) is 4.99 Å². The van der Waals surface area contributed by atoms with Gasteiger partial charge in [-0.3, -0.25) is 4.99 Å². The first-order chi connectivity index (χ1) is 14.5. The van der Waals surface area contributed by atoms with Crippen molar-refractivity contribution in [3.8, 4) is 0 Å². The van der Waals surface area contributed by atoms with Gasteiger partial charge in [-0.05, 0) is 30.2 Å². The minimum Gasteiger partial charge on any atom is -0.466 e. The maximum Gasteiger partial charge on any atom is 0.337 e. The van der Waals surface area contributed by atoms with Crippen LogP contribution in [0.5, 0.6) is 0 Å². The number of rotatable bonds is 7. The first kappa shape index (κ1) is 22.1. The van der Waals surface area contributed by atoms with Crippen LogP contribution < -0.4 is 5.32 Å². The molecule has 0 saturated heterocycles. The fourth-order valence-electron chi connectivity index (χ4n) is 3.41. The van der Waals surface area contributed by atoms with Crippen LogP contribution in [0, 0.1) is 0 Å². The molecule has 1 unspecified atom stereocenters. The van der Waals surface area contributed by atoms with E-state index < -0.39 is 0 Å². The average molecular weight is 472 g/mol. The summed E-state index contributed by atoms with van der Waals surface area (Å²) < 4.78 is 11.3. The number of nitrogens with zero attached hydrogens (tertiary/aromatic N) is 2. The van der Waals surface area contributed by atoms with Crippen LogP contribution in [0.15, 0.2) is 75.3 Å². The van der Waals surface area contributed by atoms with Gasteiger partial charge in [0.1, 0.15) is 0 Å². The highest BCUT2D eigenvalue weighted by molar-refractivity contribution is 9.10. The monoisotopic (exact) mass is 471 g/mol. The Bertz CT molecular complexity index is 926. The molecular formula is C23H26BrN3O3. The molecule has 158 valence electrons. The zero-order valence-electron chi connectivity index (χ0n) is 17.4. The summed E-state index contributed by atoms with van der Waals surface area (Å²) in [6.07, 6.45) is 0. The Labute approximate surface area is 185 Å². The van der Waals surface area contributed by atoms with Crippen molar-refractivity contribution in [2.45, 2.75) is 19.5 Å². The maximum atomic E-state index is 12.8. The van der Waals surface area contributed by atoms with Crippen molar-refractivity contribution in [3.63, 3.8) is 0 Å². The Balaban J connectivity index is 2.07. The number of aliphatic imine (C=N–C) groups is 1. The molecule has 3 rings (SSSR count). The van der Waals surface area contributed by atoms with Gasteiger partial charge in [-0.2, -0.15) is 0 Å². The van der Waals surface area contributed by atoms with Crippen LogP contribution in [-0.4, -0.2) is 44.2 Å². The third-order valence-electron chi connectivity index (χ3n) is 4.96. The maximum absolute atomic E-state index is 12.8. The lowest BCUT2D eigenvalue weighted by Crippen LogP contribution is -2.48. The van der Waals surface area contributed by atoms with Crippen LogP contribution in [0.3, 0.4) is 0 Å². The molecule has 1 atom stereocenters. The summed E-state index contributed by atoms with van der Waals surface area (Å²) >= 11 is 3.47. The molecule has 30 heavy (non-hydrogen) atoms. The standard InChI is InChI=1S/C23H26BrN3O3/c1-16-20(22(28)30-3)21(18-9-11-19(24)12-10-18)26-23(25-13-14-29-2)27(16)15-17-7-5-4-6-8-17/h4-12,21H,13-15H2,1-3H3,(H,25,26). The fourth-order valence-corrected chi connectivity index (χ4v) is 3.67. The van der Waals surface area contributed by atoms with Gasteiger partial charge in [0, 0.05) is 17.3 Å². The Hall–Kier alpha value is -2.64. The van der Waals surface area contributed by atoms with Gasteiger partial charge in [-0.1, -0.05) is 58.4 Å². The van der Waals surface area contributed by atoms with Crippen LogP contribution in [0.1, 0.15) is 24.1 Å². The van der Waals surface area contributed by atoms with Crippen molar-refractivity contribution in [3.05, 3.63) is 81.5 Å². The molecule has 1 aliphatic rings. The minimum absolute atomic E-state index is 0.359. The molecule has 0 radical (unpaired) electrons. The van der Waals surface area contributed by atoms with E-state index in [4.69, 9.17) is 14.5 Å². The highest BCUT2D eigenvalue weighted by Crippen LogP contribution is 2.32.